The second kappa shape index (κ2) is 6.53. The Kier molecular flexibility index (Phi) is 5.28. The van der Waals surface area contributed by atoms with Gasteiger partial charge in [-0.25, -0.2) is 0 Å². The van der Waals surface area contributed by atoms with Crippen molar-refractivity contribution in [3.05, 3.63) is 29.8 Å². The van der Waals surface area contributed by atoms with Crippen molar-refractivity contribution in [3.8, 4) is 6.07 Å². The Morgan fingerprint density at radius 1 is 1.47 bits per heavy atom. The maximum absolute atomic E-state index is 8.93. The third kappa shape index (κ3) is 4.40. The summed E-state index contributed by atoms with van der Waals surface area (Å²) in [5.41, 5.74) is 1.28. The van der Waals surface area contributed by atoms with Crippen LogP contribution in [-0.4, -0.2) is 5.75 Å². The highest BCUT2D eigenvalue weighted by Gasteiger charge is 2.06. The van der Waals surface area contributed by atoms with Gasteiger partial charge in [-0.15, -0.1) is 11.8 Å². The molecule has 0 aliphatic rings. The lowest BCUT2D eigenvalue weighted by Gasteiger charge is -2.07. The minimum Gasteiger partial charge on any atom is -0.198 e. The van der Waals surface area contributed by atoms with Gasteiger partial charge in [-0.1, -0.05) is 31.0 Å². The molecule has 0 amide bonds. The summed E-state index contributed by atoms with van der Waals surface area (Å²) in [6.45, 7) is 4.22. The van der Waals surface area contributed by atoms with Crippen LogP contribution in [0.25, 0.3) is 0 Å². The topological polar surface area (TPSA) is 23.8 Å². The van der Waals surface area contributed by atoms with Crippen molar-refractivity contribution in [1.29, 1.82) is 5.26 Å². The van der Waals surface area contributed by atoms with Gasteiger partial charge in [0.1, 0.15) is 0 Å². The molecule has 80 valence electrons. The van der Waals surface area contributed by atoms with Crippen molar-refractivity contribution in [2.75, 3.05) is 5.75 Å². The van der Waals surface area contributed by atoms with Gasteiger partial charge in [0.2, 0.25) is 0 Å². The average Bonchev–Trinajstić information content (AvgIpc) is 2.24. The normalized spacial score (nSPS) is 12.1. The van der Waals surface area contributed by atoms with Gasteiger partial charge >= 0.3 is 0 Å². The first-order valence-corrected chi connectivity index (χ1v) is 6.34. The quantitative estimate of drug-likeness (QED) is 0.698. The van der Waals surface area contributed by atoms with Crippen LogP contribution in [0.1, 0.15) is 25.3 Å². The third-order valence-electron chi connectivity index (χ3n) is 2.26. The molecule has 0 spiro atoms. The number of nitriles is 1. The molecule has 1 aromatic carbocycles. The fourth-order valence-electron chi connectivity index (χ4n) is 1.44. The van der Waals surface area contributed by atoms with Crippen LogP contribution in [-0.2, 0) is 0 Å². The lowest BCUT2D eigenvalue weighted by Crippen LogP contribution is -1.99. The summed E-state index contributed by atoms with van der Waals surface area (Å²) in [6, 6.07) is 10.8. The van der Waals surface area contributed by atoms with Crippen LogP contribution in [0.15, 0.2) is 29.2 Å². The Labute approximate surface area is 96.5 Å². The zero-order valence-electron chi connectivity index (χ0n) is 9.36. The highest BCUT2D eigenvalue weighted by molar-refractivity contribution is 7.99. The Morgan fingerprint density at radius 3 is 2.87 bits per heavy atom. The second-order valence-electron chi connectivity index (χ2n) is 3.74. The van der Waals surface area contributed by atoms with E-state index in [1.54, 1.807) is 11.8 Å². The Morgan fingerprint density at radius 2 is 2.27 bits per heavy atom. The molecule has 0 radical (unpaired) electrons. The lowest BCUT2D eigenvalue weighted by atomic mass is 10.1. The first-order chi connectivity index (χ1) is 7.26. The summed E-state index contributed by atoms with van der Waals surface area (Å²) in [6.07, 6.45) is 2.10. The Hall–Kier alpha value is -0.940. The Balaban J connectivity index is 2.46. The zero-order valence-corrected chi connectivity index (χ0v) is 10.2. The van der Waals surface area contributed by atoms with Crippen LogP contribution in [0.2, 0.25) is 0 Å². The largest absolute Gasteiger partial charge is 0.198 e. The van der Waals surface area contributed by atoms with Gasteiger partial charge in [-0.3, -0.25) is 0 Å². The molecule has 0 bridgehead atoms. The minimum absolute atomic E-state index is 0.195. The van der Waals surface area contributed by atoms with E-state index in [0.717, 1.165) is 18.6 Å². The summed E-state index contributed by atoms with van der Waals surface area (Å²) in [4.78, 5) is 1.27. The molecule has 0 N–H and O–H groups in total. The average molecular weight is 219 g/mol. The molecule has 1 unspecified atom stereocenters. The summed E-state index contributed by atoms with van der Waals surface area (Å²) < 4.78 is 0. The predicted molar refractivity (Wildman–Crippen MR) is 65.9 cm³/mol. The van der Waals surface area contributed by atoms with E-state index < -0.39 is 0 Å². The molecular weight excluding hydrogens is 202 g/mol. The zero-order chi connectivity index (χ0) is 11.1. The number of hydrogen-bond acceptors (Lipinski definition) is 2. The van der Waals surface area contributed by atoms with Crippen molar-refractivity contribution < 1.29 is 0 Å². The number of nitrogens with zero attached hydrogens (tertiary/aromatic N) is 1. The molecule has 0 aromatic heterocycles. The molecule has 2 heteroatoms. The van der Waals surface area contributed by atoms with Gasteiger partial charge in [-0.2, -0.15) is 5.26 Å². The predicted octanol–water partition coefficient (Wildman–Crippen LogP) is 4.03. The van der Waals surface area contributed by atoms with Crippen molar-refractivity contribution in [2.24, 2.45) is 5.92 Å². The number of aryl methyl sites for hydroxylation is 1. The molecule has 0 aliphatic carbocycles. The van der Waals surface area contributed by atoms with Gasteiger partial charge in [0.15, 0.2) is 0 Å². The first kappa shape index (κ1) is 12.1. The van der Waals surface area contributed by atoms with Crippen molar-refractivity contribution in [2.45, 2.75) is 31.6 Å². The van der Waals surface area contributed by atoms with Crippen LogP contribution in [0, 0.1) is 24.2 Å². The smallest absolute Gasteiger partial charge is 0.0664 e. The second-order valence-corrected chi connectivity index (χ2v) is 4.84. The van der Waals surface area contributed by atoms with Crippen LogP contribution >= 0.6 is 11.8 Å². The molecule has 0 heterocycles. The first-order valence-electron chi connectivity index (χ1n) is 5.35. The fraction of sp³-hybridized carbons (Fsp3) is 0.462. The molecule has 1 atom stereocenters. The van der Waals surface area contributed by atoms with E-state index in [9.17, 15) is 0 Å². The molecule has 1 nitrogen and oxygen atoms in total. The number of benzene rings is 1. The maximum Gasteiger partial charge on any atom is 0.0664 e. The van der Waals surface area contributed by atoms with Gasteiger partial charge in [-0.05, 0) is 25.5 Å². The van der Waals surface area contributed by atoms with E-state index in [0.29, 0.717) is 0 Å². The molecular formula is C13H17NS. The molecule has 1 rings (SSSR count). The van der Waals surface area contributed by atoms with Gasteiger partial charge < -0.3 is 0 Å². The van der Waals surface area contributed by atoms with Gasteiger partial charge in [0.05, 0.1) is 12.0 Å². The van der Waals surface area contributed by atoms with Crippen molar-refractivity contribution in [1.82, 2.24) is 0 Å². The van der Waals surface area contributed by atoms with Crippen LogP contribution in [0.5, 0.6) is 0 Å². The lowest BCUT2D eigenvalue weighted by molar-refractivity contribution is 0.655. The Bertz CT molecular complexity index is 341. The summed E-state index contributed by atoms with van der Waals surface area (Å²) in [5, 5.41) is 8.93. The van der Waals surface area contributed by atoms with Crippen LogP contribution < -0.4 is 0 Å². The molecule has 1 aromatic rings. The van der Waals surface area contributed by atoms with E-state index in [-0.39, 0.29) is 5.92 Å². The fourth-order valence-corrected chi connectivity index (χ4v) is 2.51. The number of thioether (sulfide) groups is 1. The molecule has 0 fully saturated rings. The molecule has 0 aliphatic heterocycles. The summed E-state index contributed by atoms with van der Waals surface area (Å²) in [5.74, 6) is 1.11. The highest BCUT2D eigenvalue weighted by atomic mass is 32.2. The highest BCUT2D eigenvalue weighted by Crippen LogP contribution is 2.23. The van der Waals surface area contributed by atoms with E-state index in [1.807, 2.05) is 0 Å². The number of rotatable bonds is 5. The van der Waals surface area contributed by atoms with Crippen LogP contribution in [0.4, 0.5) is 0 Å². The number of hydrogen-bond donors (Lipinski definition) is 0. The van der Waals surface area contributed by atoms with E-state index in [2.05, 4.69) is 44.2 Å². The summed E-state index contributed by atoms with van der Waals surface area (Å²) >= 11 is 1.78. The van der Waals surface area contributed by atoms with Crippen LogP contribution in [0.3, 0.4) is 0 Å². The van der Waals surface area contributed by atoms with E-state index in [1.165, 1.54) is 10.5 Å². The molecule has 15 heavy (non-hydrogen) atoms. The minimum atomic E-state index is 0.195. The van der Waals surface area contributed by atoms with Gasteiger partial charge in [0, 0.05) is 10.6 Å². The monoisotopic (exact) mass is 219 g/mol. The van der Waals surface area contributed by atoms with E-state index in [4.69, 9.17) is 5.26 Å². The maximum atomic E-state index is 8.93. The third-order valence-corrected chi connectivity index (χ3v) is 3.42. The van der Waals surface area contributed by atoms with E-state index >= 15 is 0 Å². The summed E-state index contributed by atoms with van der Waals surface area (Å²) in [7, 11) is 0. The molecule has 0 saturated heterocycles. The van der Waals surface area contributed by atoms with Gasteiger partial charge in [0.25, 0.3) is 0 Å². The SMILES string of the molecule is CCCC(C#N)CSc1cccc(C)c1. The van der Waals surface area contributed by atoms with Crippen molar-refractivity contribution in [3.63, 3.8) is 0 Å². The standard InChI is InChI=1S/C13H17NS/c1-3-5-12(9-14)10-15-13-7-4-6-11(2)8-13/h4,6-8,12H,3,5,10H2,1-2H3. The molecule has 0 saturated carbocycles. The van der Waals surface area contributed by atoms with Crippen molar-refractivity contribution >= 4 is 11.8 Å².